The first-order chi connectivity index (χ1) is 9.91. The molecule has 0 aliphatic carbocycles. The van der Waals surface area contributed by atoms with Crippen LogP contribution in [0.3, 0.4) is 0 Å². The van der Waals surface area contributed by atoms with E-state index in [4.69, 9.17) is 0 Å². The lowest BCUT2D eigenvalue weighted by Gasteiger charge is -2.19. The van der Waals surface area contributed by atoms with Crippen LogP contribution in [0.4, 0.5) is 17.6 Å². The van der Waals surface area contributed by atoms with Crippen LogP contribution in [0.15, 0.2) is 18.2 Å². The van der Waals surface area contributed by atoms with Gasteiger partial charge in [-0.15, -0.1) is 0 Å². The number of benzene rings is 1. The Morgan fingerprint density at radius 3 is 2.33 bits per heavy atom. The molecule has 0 aliphatic rings. The second-order valence-electron chi connectivity index (χ2n) is 5.25. The van der Waals surface area contributed by atoms with E-state index in [0.29, 0.717) is 6.42 Å². The number of unbranched alkanes of at least 4 members (excludes halogenated alkanes) is 4. The highest BCUT2D eigenvalue weighted by Gasteiger charge is 2.35. The lowest BCUT2D eigenvalue weighted by molar-refractivity contribution is -0.140. The molecule has 1 rings (SSSR count). The van der Waals surface area contributed by atoms with Gasteiger partial charge in [-0.2, -0.15) is 13.2 Å². The van der Waals surface area contributed by atoms with Gasteiger partial charge < -0.3 is 5.32 Å². The van der Waals surface area contributed by atoms with Crippen LogP contribution in [0, 0.1) is 5.82 Å². The monoisotopic (exact) mass is 305 g/mol. The molecule has 0 bridgehead atoms. The maximum atomic E-state index is 14.1. The fourth-order valence-corrected chi connectivity index (χ4v) is 2.45. The van der Waals surface area contributed by atoms with Crippen molar-refractivity contribution in [2.45, 2.75) is 57.7 Å². The fourth-order valence-electron chi connectivity index (χ4n) is 2.45. The molecule has 0 aromatic heterocycles. The van der Waals surface area contributed by atoms with Crippen molar-refractivity contribution in [3.05, 3.63) is 35.1 Å². The van der Waals surface area contributed by atoms with E-state index in [1.807, 2.05) is 0 Å². The molecule has 1 atom stereocenters. The molecule has 0 spiro atoms. The maximum Gasteiger partial charge on any atom is 0.419 e. The third kappa shape index (κ3) is 5.30. The van der Waals surface area contributed by atoms with Crippen molar-refractivity contribution in [2.75, 3.05) is 7.05 Å². The summed E-state index contributed by atoms with van der Waals surface area (Å²) in [6, 6.07) is 3.10. The number of rotatable bonds is 8. The van der Waals surface area contributed by atoms with E-state index < -0.39 is 17.6 Å². The average molecular weight is 305 g/mol. The quantitative estimate of drug-likeness (QED) is 0.496. The zero-order valence-electron chi connectivity index (χ0n) is 12.6. The molecule has 0 amide bonds. The van der Waals surface area contributed by atoms with Gasteiger partial charge in [0.1, 0.15) is 5.82 Å². The molecule has 1 aromatic carbocycles. The van der Waals surface area contributed by atoms with Gasteiger partial charge in [0.05, 0.1) is 5.56 Å². The van der Waals surface area contributed by atoms with E-state index in [2.05, 4.69) is 12.2 Å². The van der Waals surface area contributed by atoms with Crippen molar-refractivity contribution in [3.8, 4) is 0 Å². The smallest absolute Gasteiger partial charge is 0.313 e. The Hall–Kier alpha value is -1.10. The number of halogens is 4. The van der Waals surface area contributed by atoms with Gasteiger partial charge in [0.2, 0.25) is 0 Å². The highest BCUT2D eigenvalue weighted by Crippen LogP contribution is 2.34. The van der Waals surface area contributed by atoms with Gasteiger partial charge in [-0.3, -0.25) is 0 Å². The van der Waals surface area contributed by atoms with Crippen molar-refractivity contribution >= 4 is 0 Å². The first-order valence-electron chi connectivity index (χ1n) is 7.44. The minimum atomic E-state index is -4.65. The lowest BCUT2D eigenvalue weighted by Crippen LogP contribution is -2.20. The molecule has 21 heavy (non-hydrogen) atoms. The van der Waals surface area contributed by atoms with E-state index in [1.54, 1.807) is 7.05 Å². The van der Waals surface area contributed by atoms with Crippen LogP contribution in [-0.4, -0.2) is 7.05 Å². The molecule has 0 aliphatic heterocycles. The second kappa shape index (κ2) is 8.37. The average Bonchev–Trinajstić information content (AvgIpc) is 2.42. The van der Waals surface area contributed by atoms with Crippen LogP contribution < -0.4 is 5.32 Å². The fraction of sp³-hybridized carbons (Fsp3) is 0.625. The minimum Gasteiger partial charge on any atom is -0.313 e. The Bertz CT molecular complexity index is 429. The highest BCUT2D eigenvalue weighted by molar-refractivity contribution is 5.30. The van der Waals surface area contributed by atoms with Gasteiger partial charge in [0.25, 0.3) is 0 Å². The summed E-state index contributed by atoms with van der Waals surface area (Å²) in [5, 5.41) is 2.92. The number of alkyl halides is 3. The van der Waals surface area contributed by atoms with E-state index in [-0.39, 0.29) is 11.6 Å². The molecule has 1 nitrogen and oxygen atoms in total. The van der Waals surface area contributed by atoms with E-state index in [1.165, 1.54) is 12.1 Å². The van der Waals surface area contributed by atoms with E-state index >= 15 is 0 Å². The third-order valence-corrected chi connectivity index (χ3v) is 3.65. The van der Waals surface area contributed by atoms with Gasteiger partial charge in [-0.05, 0) is 19.5 Å². The summed E-state index contributed by atoms with van der Waals surface area (Å²) < 4.78 is 52.3. The first-order valence-corrected chi connectivity index (χ1v) is 7.44. The summed E-state index contributed by atoms with van der Waals surface area (Å²) in [4.78, 5) is 0. The Morgan fingerprint density at radius 2 is 1.76 bits per heavy atom. The summed E-state index contributed by atoms with van der Waals surface area (Å²) >= 11 is 0. The number of hydrogen-bond acceptors (Lipinski definition) is 1. The van der Waals surface area contributed by atoms with Crippen molar-refractivity contribution in [3.63, 3.8) is 0 Å². The molecule has 0 fully saturated rings. The number of nitrogens with one attached hydrogen (secondary N) is 1. The van der Waals surface area contributed by atoms with Crippen LogP contribution in [0.25, 0.3) is 0 Å². The van der Waals surface area contributed by atoms with Gasteiger partial charge in [-0.25, -0.2) is 4.39 Å². The Labute approximate surface area is 123 Å². The summed E-state index contributed by atoms with van der Waals surface area (Å²) in [5.74, 6) is -1.15. The third-order valence-electron chi connectivity index (χ3n) is 3.65. The Balaban J connectivity index is 2.77. The van der Waals surface area contributed by atoms with Crippen LogP contribution in [0.5, 0.6) is 0 Å². The summed E-state index contributed by atoms with van der Waals surface area (Å²) in [5.41, 5.74) is -1.09. The SMILES string of the molecule is CCCCCCCC(NC)c1cccc(C(F)(F)F)c1F. The summed E-state index contributed by atoms with van der Waals surface area (Å²) in [6.45, 7) is 2.12. The zero-order valence-corrected chi connectivity index (χ0v) is 12.6. The van der Waals surface area contributed by atoms with Gasteiger partial charge >= 0.3 is 6.18 Å². The summed E-state index contributed by atoms with van der Waals surface area (Å²) in [7, 11) is 1.65. The minimum absolute atomic E-state index is 0.0998. The maximum absolute atomic E-state index is 14.1. The zero-order chi connectivity index (χ0) is 15.9. The molecule has 0 radical (unpaired) electrons. The standard InChI is InChI=1S/C16H23F4N/c1-3-4-5-6-7-11-14(21-2)12-9-8-10-13(15(12)17)16(18,19)20/h8-10,14,21H,3-7,11H2,1-2H3. The Morgan fingerprint density at radius 1 is 1.10 bits per heavy atom. The van der Waals surface area contributed by atoms with Crippen LogP contribution in [-0.2, 0) is 6.18 Å². The van der Waals surface area contributed by atoms with E-state index in [0.717, 1.165) is 38.2 Å². The highest BCUT2D eigenvalue weighted by atomic mass is 19.4. The van der Waals surface area contributed by atoms with Crippen molar-refractivity contribution in [1.29, 1.82) is 0 Å². The van der Waals surface area contributed by atoms with Gasteiger partial charge in [-0.1, -0.05) is 51.2 Å². The normalized spacial score (nSPS) is 13.4. The van der Waals surface area contributed by atoms with Crippen LogP contribution >= 0.6 is 0 Å². The molecule has 1 aromatic rings. The largest absolute Gasteiger partial charge is 0.419 e. The molecular weight excluding hydrogens is 282 g/mol. The molecule has 1 unspecified atom stereocenters. The van der Waals surface area contributed by atoms with Gasteiger partial charge in [0.15, 0.2) is 0 Å². The van der Waals surface area contributed by atoms with Crippen molar-refractivity contribution < 1.29 is 17.6 Å². The molecule has 0 saturated heterocycles. The van der Waals surface area contributed by atoms with Crippen LogP contribution in [0.1, 0.15) is 62.6 Å². The lowest BCUT2D eigenvalue weighted by atomic mass is 9.97. The first kappa shape index (κ1) is 18.0. The molecule has 120 valence electrons. The second-order valence-corrected chi connectivity index (χ2v) is 5.25. The van der Waals surface area contributed by atoms with Crippen LogP contribution in [0.2, 0.25) is 0 Å². The molecule has 5 heteroatoms. The molecule has 0 heterocycles. The van der Waals surface area contributed by atoms with Gasteiger partial charge in [0, 0.05) is 11.6 Å². The Kier molecular flexibility index (Phi) is 7.15. The molecular formula is C16H23F4N. The predicted octanol–water partition coefficient (Wildman–Crippen LogP) is 5.47. The summed E-state index contributed by atoms with van der Waals surface area (Å²) in [6.07, 6.45) is 1.28. The van der Waals surface area contributed by atoms with E-state index in [9.17, 15) is 17.6 Å². The predicted molar refractivity (Wildman–Crippen MR) is 76.6 cm³/mol. The molecule has 1 N–H and O–H groups in total. The molecule has 0 saturated carbocycles. The van der Waals surface area contributed by atoms with Crippen molar-refractivity contribution in [1.82, 2.24) is 5.32 Å². The number of hydrogen-bond donors (Lipinski definition) is 1. The van der Waals surface area contributed by atoms with Crippen molar-refractivity contribution in [2.24, 2.45) is 0 Å². The topological polar surface area (TPSA) is 12.0 Å².